The average Bonchev–Trinajstić information content (AvgIpc) is 2.19. The number of allylic oxidation sites excluding steroid dienone is 1. The van der Waals surface area contributed by atoms with Crippen molar-refractivity contribution >= 4 is 0 Å². The summed E-state index contributed by atoms with van der Waals surface area (Å²) in [5, 5.41) is 0. The molecule has 0 aliphatic rings. The van der Waals surface area contributed by atoms with Crippen molar-refractivity contribution in [1.82, 2.24) is 4.57 Å². The van der Waals surface area contributed by atoms with E-state index in [1.165, 1.54) is 0 Å². The fourth-order valence-corrected chi connectivity index (χ4v) is 0.583. The van der Waals surface area contributed by atoms with E-state index in [0.717, 1.165) is 6.54 Å². The van der Waals surface area contributed by atoms with Crippen molar-refractivity contribution < 1.29 is 22.1 Å². The molecule has 0 aliphatic carbocycles. The Morgan fingerprint density at radius 2 is 2.44 bits per heavy atom. The molecule has 0 aromatic carbocycles. The number of H-pyrrole nitrogens is 1. The van der Waals surface area contributed by atoms with Crippen LogP contribution in [0.4, 0.5) is 0 Å². The van der Waals surface area contributed by atoms with Gasteiger partial charge in [-0.1, -0.05) is 12.7 Å². The third-order valence-corrected chi connectivity index (χ3v) is 0.943. The molecule has 0 aliphatic heterocycles. The second kappa shape index (κ2) is 4.36. The van der Waals surface area contributed by atoms with Crippen LogP contribution in [0.25, 0.3) is 0 Å². The Labute approximate surface area is 65.1 Å². The maximum Gasteiger partial charge on any atom is 2.00 e. The minimum Gasteiger partial charge on any atom is -0.250 e. The summed E-state index contributed by atoms with van der Waals surface area (Å²) in [6.07, 6.45) is 7.58. The molecule has 9 heavy (non-hydrogen) atoms. The summed E-state index contributed by atoms with van der Waals surface area (Å²) in [4.78, 5) is 2.93. The number of hydrogen-bond donors (Lipinski definition) is 0. The zero-order valence-electron chi connectivity index (χ0n) is 4.97. The Morgan fingerprint density at radius 3 is 2.89 bits per heavy atom. The van der Waals surface area contributed by atoms with E-state index in [4.69, 9.17) is 0 Å². The molecule has 1 radical (unpaired) electrons. The Kier molecular flexibility index (Phi) is 4.10. The Hall–Kier alpha value is -0.531. The third kappa shape index (κ3) is 2.49. The summed E-state index contributed by atoms with van der Waals surface area (Å²) in [6, 6.07) is 0. The summed E-state index contributed by atoms with van der Waals surface area (Å²) in [7, 11) is 0. The van der Waals surface area contributed by atoms with Crippen LogP contribution in [0.3, 0.4) is 0 Å². The van der Waals surface area contributed by atoms with Gasteiger partial charge in [0.05, 0.1) is 0 Å². The van der Waals surface area contributed by atoms with Gasteiger partial charge in [-0.15, -0.1) is 0 Å². The predicted molar refractivity (Wildman–Crippen MR) is 31.2 cm³/mol. The fraction of sp³-hybridized carbons (Fsp3) is 0.167. The van der Waals surface area contributed by atoms with Crippen LogP contribution in [0, 0.1) is 0 Å². The molecule has 0 unspecified atom stereocenters. The Bertz CT molecular complexity index is 158. The molecule has 3 heteroatoms. The zero-order valence-corrected chi connectivity index (χ0v) is 5.91. The van der Waals surface area contributed by atoms with Gasteiger partial charge in [0.2, 0.25) is 6.33 Å². The van der Waals surface area contributed by atoms with Crippen LogP contribution in [-0.2, 0) is 23.6 Å². The maximum absolute atomic E-state index is 3.60. The van der Waals surface area contributed by atoms with Crippen molar-refractivity contribution in [2.24, 2.45) is 0 Å². The monoisotopic (exact) mass is 172 g/mol. The van der Waals surface area contributed by atoms with E-state index >= 15 is 0 Å². The van der Waals surface area contributed by atoms with Crippen molar-refractivity contribution in [2.45, 2.75) is 6.54 Å². The number of aromatic nitrogens is 2. The van der Waals surface area contributed by atoms with Gasteiger partial charge in [0, 0.05) is 0 Å². The van der Waals surface area contributed by atoms with Gasteiger partial charge in [0.25, 0.3) is 0 Å². The van der Waals surface area contributed by atoms with Gasteiger partial charge in [0.1, 0.15) is 18.9 Å². The summed E-state index contributed by atoms with van der Waals surface area (Å²) < 4.78 is 2.01. The average molecular weight is 173 g/mol. The molecule has 0 amide bonds. The molecule has 0 saturated heterocycles. The molecule has 0 bridgehead atoms. The molecule has 0 fully saturated rings. The predicted octanol–water partition coefficient (Wildman–Crippen LogP) is 0.486. The van der Waals surface area contributed by atoms with Crippen LogP contribution in [0.2, 0.25) is 0 Å². The first kappa shape index (κ1) is 8.47. The minimum atomic E-state index is 0. The smallest absolute Gasteiger partial charge is 0.250 e. The van der Waals surface area contributed by atoms with E-state index in [1.54, 1.807) is 0 Å². The molecule has 0 saturated carbocycles. The van der Waals surface area contributed by atoms with Crippen molar-refractivity contribution in [3.05, 3.63) is 31.4 Å². The number of hydrogen-bond acceptors (Lipinski definition) is 0. The first-order chi connectivity index (χ1) is 3.93. The van der Waals surface area contributed by atoms with Crippen LogP contribution >= 0.6 is 0 Å². The largest absolute Gasteiger partial charge is 2.00 e. The molecule has 0 spiro atoms. The van der Waals surface area contributed by atoms with Crippen LogP contribution in [-0.4, -0.2) is 4.57 Å². The molecule has 2 nitrogen and oxygen atoms in total. The molecule has 0 atom stereocenters. The van der Waals surface area contributed by atoms with Crippen molar-refractivity contribution in [3.63, 3.8) is 0 Å². The van der Waals surface area contributed by atoms with Crippen molar-refractivity contribution in [2.75, 3.05) is 0 Å². The van der Waals surface area contributed by atoms with E-state index in [0.29, 0.717) is 0 Å². The fourth-order valence-electron chi connectivity index (χ4n) is 0.583. The molecule has 1 N–H and O–H groups in total. The van der Waals surface area contributed by atoms with Gasteiger partial charge in [0.15, 0.2) is 0 Å². The van der Waals surface area contributed by atoms with Gasteiger partial charge in [-0.2, -0.15) is 0 Å². The molecule has 1 heterocycles. The van der Waals surface area contributed by atoms with Crippen molar-refractivity contribution in [3.8, 4) is 0 Å². The van der Waals surface area contributed by atoms with E-state index in [-0.39, 0.29) is 17.1 Å². The number of nitrogens with zero attached hydrogens (tertiary/aromatic N) is 1. The van der Waals surface area contributed by atoms with E-state index < -0.39 is 0 Å². The van der Waals surface area contributed by atoms with Crippen LogP contribution in [0.5, 0.6) is 0 Å². The molecule has 51 valence electrons. The van der Waals surface area contributed by atoms with Gasteiger partial charge in [-0.05, 0) is 0 Å². The van der Waals surface area contributed by atoms with Gasteiger partial charge in [-0.3, -0.25) is 4.98 Å². The van der Waals surface area contributed by atoms with E-state index in [2.05, 4.69) is 11.6 Å². The molecular formula is C6H9CuN2+3. The molecule has 1 aromatic rings. The van der Waals surface area contributed by atoms with Gasteiger partial charge < -0.3 is 0 Å². The van der Waals surface area contributed by atoms with Crippen LogP contribution < -0.4 is 4.98 Å². The zero-order chi connectivity index (χ0) is 5.82. The number of imidazole rings is 1. The SMILES string of the molecule is C=CCn1cc[nH+]c1.[Cu+2]. The number of aromatic amines is 1. The van der Waals surface area contributed by atoms with E-state index in [9.17, 15) is 0 Å². The first-order valence-corrected chi connectivity index (χ1v) is 2.56. The second-order valence-corrected chi connectivity index (χ2v) is 1.60. The number of rotatable bonds is 2. The van der Waals surface area contributed by atoms with Crippen LogP contribution in [0.1, 0.15) is 0 Å². The second-order valence-electron chi connectivity index (χ2n) is 1.60. The maximum atomic E-state index is 3.60. The van der Waals surface area contributed by atoms with Gasteiger partial charge in [-0.25, -0.2) is 4.57 Å². The standard InChI is InChI=1S/C6H8N2.Cu/c1-2-4-8-5-3-7-6-8;/h2-3,5-6H,1,4H2;/q;+2/p+1. The molecule has 1 aromatic heterocycles. The Balaban J connectivity index is 0.000000640. The minimum absolute atomic E-state index is 0. The number of nitrogens with one attached hydrogen (secondary N) is 1. The quantitative estimate of drug-likeness (QED) is 0.457. The summed E-state index contributed by atoms with van der Waals surface area (Å²) in [5.41, 5.74) is 0. The normalized spacial score (nSPS) is 8.00. The topological polar surface area (TPSA) is 19.1 Å². The summed E-state index contributed by atoms with van der Waals surface area (Å²) in [6.45, 7) is 4.48. The first-order valence-electron chi connectivity index (χ1n) is 2.56. The Morgan fingerprint density at radius 1 is 1.67 bits per heavy atom. The van der Waals surface area contributed by atoms with Crippen LogP contribution in [0.15, 0.2) is 31.4 Å². The van der Waals surface area contributed by atoms with Crippen molar-refractivity contribution in [1.29, 1.82) is 0 Å². The third-order valence-electron chi connectivity index (χ3n) is 0.943. The van der Waals surface area contributed by atoms with E-state index in [1.807, 2.05) is 29.4 Å². The molecular weight excluding hydrogens is 164 g/mol. The summed E-state index contributed by atoms with van der Waals surface area (Å²) in [5.74, 6) is 0. The van der Waals surface area contributed by atoms with Gasteiger partial charge >= 0.3 is 17.1 Å². The molecule has 1 rings (SSSR count). The summed E-state index contributed by atoms with van der Waals surface area (Å²) >= 11 is 0.